The Morgan fingerprint density at radius 1 is 1.20 bits per heavy atom. The van der Waals surface area contributed by atoms with E-state index in [1.54, 1.807) is 0 Å². The monoisotopic (exact) mass is 207 g/mol. The topological polar surface area (TPSA) is 46.2 Å². The maximum absolute atomic E-state index is 9.05. The van der Waals surface area contributed by atoms with Gasteiger partial charge in [0.05, 0.1) is 0 Å². The van der Waals surface area contributed by atoms with E-state index in [-0.39, 0.29) is 12.5 Å². The van der Waals surface area contributed by atoms with E-state index < -0.39 is 0 Å². The fourth-order valence-corrected chi connectivity index (χ4v) is 1.59. The van der Waals surface area contributed by atoms with E-state index in [0.29, 0.717) is 12.5 Å². The number of hydrogen-bond donors (Lipinski definition) is 2. The van der Waals surface area contributed by atoms with E-state index in [1.165, 1.54) is 11.1 Å². The minimum Gasteiger partial charge on any atom is -0.396 e. The van der Waals surface area contributed by atoms with Gasteiger partial charge in [-0.25, -0.2) is 0 Å². The molecular weight excluding hydrogens is 186 g/mol. The maximum Gasteiger partial charge on any atom is 0.0474 e. The second-order valence-corrected chi connectivity index (χ2v) is 4.38. The van der Waals surface area contributed by atoms with Crippen molar-refractivity contribution < 1.29 is 5.11 Å². The number of aliphatic hydroxyl groups is 1. The average molecular weight is 207 g/mol. The zero-order chi connectivity index (χ0) is 11.3. The highest BCUT2D eigenvalue weighted by Crippen LogP contribution is 2.16. The van der Waals surface area contributed by atoms with Crippen LogP contribution in [0.25, 0.3) is 0 Å². The predicted molar refractivity (Wildman–Crippen MR) is 63.9 cm³/mol. The number of hydrogen-bond acceptors (Lipinski definition) is 2. The number of aliphatic hydroxyl groups excluding tert-OH is 1. The van der Waals surface area contributed by atoms with Crippen molar-refractivity contribution in [2.24, 2.45) is 11.7 Å². The van der Waals surface area contributed by atoms with E-state index in [9.17, 15) is 0 Å². The summed E-state index contributed by atoms with van der Waals surface area (Å²) < 4.78 is 0. The number of benzene rings is 1. The first-order valence-electron chi connectivity index (χ1n) is 5.57. The summed E-state index contributed by atoms with van der Waals surface area (Å²) in [4.78, 5) is 0. The Morgan fingerprint density at radius 3 is 2.20 bits per heavy atom. The second-order valence-electron chi connectivity index (χ2n) is 4.38. The quantitative estimate of drug-likeness (QED) is 0.775. The molecule has 1 atom stereocenters. The van der Waals surface area contributed by atoms with Gasteiger partial charge < -0.3 is 10.8 Å². The maximum atomic E-state index is 9.05. The fraction of sp³-hybridized carbons (Fsp3) is 0.538. The molecule has 84 valence electrons. The van der Waals surface area contributed by atoms with Gasteiger partial charge in [-0.05, 0) is 35.9 Å². The molecule has 0 bridgehead atoms. The van der Waals surface area contributed by atoms with Gasteiger partial charge in [0.2, 0.25) is 0 Å². The van der Waals surface area contributed by atoms with E-state index in [1.807, 2.05) is 0 Å². The Morgan fingerprint density at radius 2 is 1.80 bits per heavy atom. The van der Waals surface area contributed by atoms with Crippen molar-refractivity contribution in [1.82, 2.24) is 0 Å². The van der Waals surface area contributed by atoms with Crippen LogP contribution in [0.3, 0.4) is 0 Å². The third-order valence-corrected chi connectivity index (χ3v) is 2.76. The lowest BCUT2D eigenvalue weighted by Crippen LogP contribution is -2.20. The van der Waals surface area contributed by atoms with Crippen molar-refractivity contribution >= 4 is 0 Å². The van der Waals surface area contributed by atoms with Gasteiger partial charge in [0.15, 0.2) is 0 Å². The molecule has 0 radical (unpaired) electrons. The Bertz CT molecular complexity index is 275. The summed E-state index contributed by atoms with van der Waals surface area (Å²) in [5, 5.41) is 9.05. The SMILES string of the molecule is CC(C)c1ccc(CC(CN)CO)cc1. The number of nitrogens with two attached hydrogens (primary N) is 1. The van der Waals surface area contributed by atoms with Crippen LogP contribution < -0.4 is 5.73 Å². The van der Waals surface area contributed by atoms with Gasteiger partial charge in [0.25, 0.3) is 0 Å². The van der Waals surface area contributed by atoms with Gasteiger partial charge in [-0.3, -0.25) is 0 Å². The van der Waals surface area contributed by atoms with Gasteiger partial charge in [-0.1, -0.05) is 38.1 Å². The van der Waals surface area contributed by atoms with Crippen LogP contribution in [0.15, 0.2) is 24.3 Å². The van der Waals surface area contributed by atoms with E-state index in [4.69, 9.17) is 10.8 Å². The fourth-order valence-electron chi connectivity index (χ4n) is 1.59. The molecule has 0 spiro atoms. The predicted octanol–water partition coefficient (Wildman–Crippen LogP) is 1.92. The van der Waals surface area contributed by atoms with Crippen LogP contribution in [0.2, 0.25) is 0 Å². The van der Waals surface area contributed by atoms with Crippen LogP contribution in [0.4, 0.5) is 0 Å². The highest BCUT2D eigenvalue weighted by Gasteiger charge is 2.06. The molecule has 2 heteroatoms. The zero-order valence-corrected chi connectivity index (χ0v) is 9.61. The van der Waals surface area contributed by atoms with E-state index in [2.05, 4.69) is 38.1 Å². The molecule has 1 rings (SSSR count). The van der Waals surface area contributed by atoms with Gasteiger partial charge in [0.1, 0.15) is 0 Å². The molecule has 15 heavy (non-hydrogen) atoms. The molecule has 0 fully saturated rings. The van der Waals surface area contributed by atoms with Crippen molar-refractivity contribution in [2.45, 2.75) is 26.2 Å². The Labute approximate surface area is 92.1 Å². The smallest absolute Gasteiger partial charge is 0.0474 e. The molecule has 2 nitrogen and oxygen atoms in total. The van der Waals surface area contributed by atoms with Crippen LogP contribution in [0, 0.1) is 5.92 Å². The minimum absolute atomic E-state index is 0.169. The largest absolute Gasteiger partial charge is 0.396 e. The molecule has 0 aliphatic heterocycles. The molecule has 1 unspecified atom stereocenters. The highest BCUT2D eigenvalue weighted by atomic mass is 16.3. The van der Waals surface area contributed by atoms with Gasteiger partial charge in [0, 0.05) is 6.61 Å². The molecule has 0 saturated heterocycles. The first-order valence-corrected chi connectivity index (χ1v) is 5.57. The lowest BCUT2D eigenvalue weighted by atomic mass is 9.96. The van der Waals surface area contributed by atoms with E-state index in [0.717, 1.165) is 6.42 Å². The summed E-state index contributed by atoms with van der Waals surface area (Å²) in [5.74, 6) is 0.761. The first kappa shape index (κ1) is 12.2. The Balaban J connectivity index is 2.63. The highest BCUT2D eigenvalue weighted by molar-refractivity contribution is 5.25. The summed E-state index contributed by atoms with van der Waals surface area (Å²) in [5.41, 5.74) is 8.16. The molecule has 3 N–H and O–H groups in total. The normalized spacial score (nSPS) is 13.1. The van der Waals surface area contributed by atoms with Gasteiger partial charge in [-0.15, -0.1) is 0 Å². The molecule has 0 aliphatic rings. The average Bonchev–Trinajstić information content (AvgIpc) is 2.26. The molecule has 0 aromatic heterocycles. The second kappa shape index (κ2) is 5.89. The molecule has 0 saturated carbocycles. The number of rotatable bonds is 5. The molecular formula is C13H21NO. The van der Waals surface area contributed by atoms with Crippen molar-refractivity contribution in [3.63, 3.8) is 0 Å². The lowest BCUT2D eigenvalue weighted by molar-refractivity contribution is 0.230. The van der Waals surface area contributed by atoms with Crippen molar-refractivity contribution in [2.75, 3.05) is 13.2 Å². The van der Waals surface area contributed by atoms with Gasteiger partial charge >= 0.3 is 0 Å². The Hall–Kier alpha value is -0.860. The summed E-state index contributed by atoms with van der Waals surface area (Å²) in [6.07, 6.45) is 0.866. The zero-order valence-electron chi connectivity index (χ0n) is 9.61. The Kier molecular flexibility index (Phi) is 4.79. The summed E-state index contributed by atoms with van der Waals surface area (Å²) in [7, 11) is 0. The van der Waals surface area contributed by atoms with Crippen molar-refractivity contribution in [1.29, 1.82) is 0 Å². The third kappa shape index (κ3) is 3.65. The summed E-state index contributed by atoms with van der Waals surface area (Å²) in [6, 6.07) is 8.58. The molecule has 1 aromatic rings. The molecule has 0 heterocycles. The third-order valence-electron chi connectivity index (χ3n) is 2.76. The van der Waals surface area contributed by atoms with Crippen LogP contribution in [0.1, 0.15) is 30.9 Å². The van der Waals surface area contributed by atoms with E-state index >= 15 is 0 Å². The van der Waals surface area contributed by atoms with Crippen molar-refractivity contribution in [3.8, 4) is 0 Å². The van der Waals surface area contributed by atoms with Gasteiger partial charge in [-0.2, -0.15) is 0 Å². The minimum atomic E-state index is 0.169. The standard InChI is InChI=1S/C13H21NO/c1-10(2)13-5-3-11(4-6-13)7-12(8-14)9-15/h3-6,10,12,15H,7-9,14H2,1-2H3. The first-order chi connectivity index (χ1) is 7.17. The summed E-state index contributed by atoms with van der Waals surface area (Å²) in [6.45, 7) is 5.09. The summed E-state index contributed by atoms with van der Waals surface area (Å²) >= 11 is 0. The van der Waals surface area contributed by atoms with Crippen LogP contribution in [-0.4, -0.2) is 18.3 Å². The molecule has 1 aromatic carbocycles. The molecule has 0 amide bonds. The molecule has 0 aliphatic carbocycles. The van der Waals surface area contributed by atoms with Crippen molar-refractivity contribution in [3.05, 3.63) is 35.4 Å². The van der Waals surface area contributed by atoms with Crippen LogP contribution >= 0.6 is 0 Å². The lowest BCUT2D eigenvalue weighted by Gasteiger charge is -2.12. The van der Waals surface area contributed by atoms with Crippen LogP contribution in [0.5, 0.6) is 0 Å². The van der Waals surface area contributed by atoms with Crippen LogP contribution in [-0.2, 0) is 6.42 Å².